The number of aliphatic carboxylic acids is 1. The van der Waals surface area contributed by atoms with E-state index in [1.54, 1.807) is 30.3 Å². The van der Waals surface area contributed by atoms with Crippen LogP contribution in [-0.4, -0.2) is 22.5 Å². The molecule has 0 aliphatic heterocycles. The van der Waals surface area contributed by atoms with E-state index in [9.17, 15) is 19.1 Å². The summed E-state index contributed by atoms with van der Waals surface area (Å²) >= 11 is 5.94. The van der Waals surface area contributed by atoms with E-state index in [4.69, 9.17) is 16.0 Å². The number of carbonyl (C=O) groups is 2. The minimum Gasteiger partial charge on any atom is -0.479 e. The highest BCUT2D eigenvalue weighted by atomic mass is 35.5. The van der Waals surface area contributed by atoms with Crippen molar-refractivity contribution in [1.29, 1.82) is 0 Å². The Bertz CT molecular complexity index is 1350. The summed E-state index contributed by atoms with van der Waals surface area (Å²) in [6.45, 7) is 0. The topological polar surface area (TPSA) is 79.5 Å². The smallest absolute Gasteiger partial charge is 0.330 e. The summed E-state index contributed by atoms with van der Waals surface area (Å²) in [4.78, 5) is 25.4. The van der Waals surface area contributed by atoms with Gasteiger partial charge < -0.3 is 14.8 Å². The van der Waals surface area contributed by atoms with Gasteiger partial charge in [-0.15, -0.1) is 0 Å². The molecule has 32 heavy (non-hydrogen) atoms. The number of nitrogens with one attached hydrogen (secondary N) is 1. The zero-order valence-electron chi connectivity index (χ0n) is 16.7. The van der Waals surface area contributed by atoms with Crippen LogP contribution in [0.2, 0.25) is 5.02 Å². The molecule has 1 aromatic heterocycles. The van der Waals surface area contributed by atoms with E-state index in [0.29, 0.717) is 21.7 Å². The van der Waals surface area contributed by atoms with E-state index >= 15 is 0 Å². The molecule has 1 amide bonds. The number of hydrogen-bond donors (Lipinski definition) is 2. The Labute approximate surface area is 187 Å². The monoisotopic (exact) mass is 449 g/mol. The molecule has 0 saturated carbocycles. The average molecular weight is 450 g/mol. The molecule has 0 atom stereocenters. The molecule has 0 bridgehead atoms. The Morgan fingerprint density at radius 2 is 1.66 bits per heavy atom. The molecule has 1 aliphatic rings. The van der Waals surface area contributed by atoms with Crippen LogP contribution in [0.25, 0.3) is 22.3 Å². The molecule has 1 heterocycles. The van der Waals surface area contributed by atoms with E-state index < -0.39 is 23.2 Å². The predicted octanol–water partition coefficient (Wildman–Crippen LogP) is 5.24. The fraction of sp³-hybridized carbons (Fsp3) is 0.120. The number of benzene rings is 3. The number of carboxylic acid groups (broad SMARTS) is 1. The van der Waals surface area contributed by atoms with E-state index in [-0.39, 0.29) is 24.0 Å². The first-order valence-electron chi connectivity index (χ1n) is 9.96. The van der Waals surface area contributed by atoms with E-state index in [1.165, 1.54) is 6.07 Å². The maximum Gasteiger partial charge on any atom is 0.330 e. The molecule has 5 rings (SSSR count). The minimum atomic E-state index is -1.51. The fourth-order valence-electron chi connectivity index (χ4n) is 4.23. The summed E-state index contributed by atoms with van der Waals surface area (Å²) in [7, 11) is 0. The zero-order valence-corrected chi connectivity index (χ0v) is 17.4. The van der Waals surface area contributed by atoms with Gasteiger partial charge in [0.2, 0.25) is 0 Å². The van der Waals surface area contributed by atoms with Crippen LogP contribution >= 0.6 is 11.6 Å². The van der Waals surface area contributed by atoms with Gasteiger partial charge in [0, 0.05) is 28.8 Å². The van der Waals surface area contributed by atoms with Crippen LogP contribution in [0, 0.1) is 5.82 Å². The van der Waals surface area contributed by atoms with Crippen molar-refractivity contribution >= 4 is 34.4 Å². The Hall–Kier alpha value is -3.64. The highest BCUT2D eigenvalue weighted by Crippen LogP contribution is 2.34. The quantitative estimate of drug-likeness (QED) is 0.446. The third-order valence-corrected chi connectivity index (χ3v) is 6.07. The predicted molar refractivity (Wildman–Crippen MR) is 118 cm³/mol. The third kappa shape index (κ3) is 3.42. The molecule has 7 heteroatoms. The maximum absolute atomic E-state index is 14.3. The number of furan rings is 1. The summed E-state index contributed by atoms with van der Waals surface area (Å²) in [5.41, 5.74) is 1.06. The highest BCUT2D eigenvalue weighted by Gasteiger charge is 2.45. The molecule has 4 aromatic rings. The first-order chi connectivity index (χ1) is 15.3. The molecule has 0 unspecified atom stereocenters. The molecule has 0 fully saturated rings. The molecule has 3 aromatic carbocycles. The van der Waals surface area contributed by atoms with Crippen LogP contribution in [0.4, 0.5) is 4.39 Å². The van der Waals surface area contributed by atoms with Crippen molar-refractivity contribution in [1.82, 2.24) is 5.32 Å². The first-order valence-corrected chi connectivity index (χ1v) is 10.3. The van der Waals surface area contributed by atoms with Gasteiger partial charge in [0.05, 0.1) is 5.56 Å². The Balaban J connectivity index is 1.53. The number of carbonyl (C=O) groups excluding carboxylic acids is 1. The van der Waals surface area contributed by atoms with Crippen molar-refractivity contribution in [3.8, 4) is 11.3 Å². The first kappa shape index (κ1) is 20.3. The fourth-order valence-corrected chi connectivity index (χ4v) is 4.36. The van der Waals surface area contributed by atoms with Gasteiger partial charge in [-0.3, -0.25) is 4.79 Å². The van der Waals surface area contributed by atoms with Crippen LogP contribution in [0.1, 0.15) is 21.5 Å². The van der Waals surface area contributed by atoms with Gasteiger partial charge in [-0.05, 0) is 53.6 Å². The van der Waals surface area contributed by atoms with Gasteiger partial charge in [0.25, 0.3) is 5.91 Å². The normalized spacial score (nSPS) is 14.3. The average Bonchev–Trinajstić information content (AvgIpc) is 3.35. The minimum absolute atomic E-state index is 0.0585. The Kier molecular flexibility index (Phi) is 4.75. The molecule has 0 spiro atoms. The number of fused-ring (bicyclic) bond motifs is 2. The van der Waals surface area contributed by atoms with Crippen LogP contribution in [0.15, 0.2) is 71.1 Å². The lowest BCUT2D eigenvalue weighted by Crippen LogP contribution is -2.55. The lowest BCUT2D eigenvalue weighted by molar-refractivity contribution is -0.144. The SMILES string of the molecule is O=C(NC1(C(=O)O)Cc2ccccc2C1)c1cc(F)cc2cc(-c3ccc(Cl)cc3)oc12. The van der Waals surface area contributed by atoms with E-state index in [2.05, 4.69) is 5.32 Å². The largest absolute Gasteiger partial charge is 0.479 e. The lowest BCUT2D eigenvalue weighted by Gasteiger charge is -2.25. The van der Waals surface area contributed by atoms with Crippen molar-refractivity contribution in [2.75, 3.05) is 0 Å². The molecule has 0 saturated heterocycles. The highest BCUT2D eigenvalue weighted by molar-refractivity contribution is 6.30. The lowest BCUT2D eigenvalue weighted by atomic mass is 9.95. The van der Waals surface area contributed by atoms with Crippen molar-refractivity contribution in [2.45, 2.75) is 18.4 Å². The van der Waals surface area contributed by atoms with Crippen LogP contribution in [0.5, 0.6) is 0 Å². The van der Waals surface area contributed by atoms with Gasteiger partial charge in [-0.2, -0.15) is 0 Å². The summed E-state index contributed by atoms with van der Waals surface area (Å²) in [5, 5.41) is 13.6. The number of amides is 1. The summed E-state index contributed by atoms with van der Waals surface area (Å²) < 4.78 is 20.3. The number of rotatable bonds is 4. The van der Waals surface area contributed by atoms with Crippen LogP contribution in [0.3, 0.4) is 0 Å². The summed E-state index contributed by atoms with van der Waals surface area (Å²) in [6.07, 6.45) is 0.299. The Morgan fingerprint density at radius 1 is 1.00 bits per heavy atom. The maximum atomic E-state index is 14.3. The van der Waals surface area contributed by atoms with Gasteiger partial charge in [-0.25, -0.2) is 9.18 Å². The number of hydrogen-bond acceptors (Lipinski definition) is 3. The molecule has 0 radical (unpaired) electrons. The standard InChI is InChI=1S/C25H17ClFNO4/c26-18-7-5-14(6-8-18)21-10-17-9-19(27)11-20(22(17)32-21)23(29)28-25(24(30)31)12-15-3-1-2-4-16(15)13-25/h1-11H,12-13H2,(H,28,29)(H,30,31). The van der Waals surface area contributed by atoms with Crippen molar-refractivity contribution in [3.05, 3.63) is 94.3 Å². The second kappa shape index (κ2) is 7.50. The summed E-state index contributed by atoms with van der Waals surface area (Å²) in [5.74, 6) is -2.03. The number of carboxylic acids is 1. The van der Waals surface area contributed by atoms with Gasteiger partial charge in [0.1, 0.15) is 22.7 Å². The second-order valence-electron chi connectivity index (χ2n) is 7.95. The molecule has 5 nitrogen and oxygen atoms in total. The van der Waals surface area contributed by atoms with Crippen molar-refractivity contribution in [3.63, 3.8) is 0 Å². The van der Waals surface area contributed by atoms with Crippen LogP contribution in [-0.2, 0) is 17.6 Å². The molecule has 1 aliphatic carbocycles. The zero-order chi connectivity index (χ0) is 22.5. The van der Waals surface area contributed by atoms with E-state index in [0.717, 1.165) is 17.2 Å². The van der Waals surface area contributed by atoms with E-state index in [1.807, 2.05) is 24.3 Å². The van der Waals surface area contributed by atoms with Gasteiger partial charge in [-0.1, -0.05) is 35.9 Å². The number of halogens is 2. The second-order valence-corrected chi connectivity index (χ2v) is 8.39. The molecular formula is C25H17ClFNO4. The molecular weight excluding hydrogens is 433 g/mol. The Morgan fingerprint density at radius 3 is 2.28 bits per heavy atom. The van der Waals surface area contributed by atoms with Crippen LogP contribution < -0.4 is 5.32 Å². The molecule has 160 valence electrons. The van der Waals surface area contributed by atoms with Gasteiger partial charge >= 0.3 is 5.97 Å². The van der Waals surface area contributed by atoms with Crippen molar-refractivity contribution < 1.29 is 23.5 Å². The molecule has 2 N–H and O–H groups in total. The van der Waals surface area contributed by atoms with Crippen molar-refractivity contribution in [2.24, 2.45) is 0 Å². The third-order valence-electron chi connectivity index (χ3n) is 5.82. The van der Waals surface area contributed by atoms with Gasteiger partial charge in [0.15, 0.2) is 0 Å². The summed E-state index contributed by atoms with van der Waals surface area (Å²) in [6, 6.07) is 18.2.